The highest BCUT2D eigenvalue weighted by Crippen LogP contribution is 2.24. The number of aromatic nitrogens is 1. The molecule has 2 rings (SSSR count). The molecule has 1 aromatic heterocycles. The molecule has 2 unspecified atom stereocenters. The average molecular weight is 252 g/mol. The van der Waals surface area contributed by atoms with E-state index in [2.05, 4.69) is 38.0 Å². The number of rotatable bonds is 6. The fourth-order valence-corrected chi connectivity index (χ4v) is 3.02. The van der Waals surface area contributed by atoms with Crippen molar-refractivity contribution in [1.29, 1.82) is 0 Å². The first-order valence-electron chi connectivity index (χ1n) is 6.72. The van der Waals surface area contributed by atoms with Crippen molar-refractivity contribution < 1.29 is 0 Å². The third-order valence-electron chi connectivity index (χ3n) is 3.85. The lowest BCUT2D eigenvalue weighted by Gasteiger charge is -2.19. The molecule has 0 aromatic carbocycles. The summed E-state index contributed by atoms with van der Waals surface area (Å²) in [5.74, 6) is 1.45. The van der Waals surface area contributed by atoms with E-state index in [1.807, 2.05) is 11.3 Å². The summed E-state index contributed by atoms with van der Waals surface area (Å²) in [5, 5.41) is 4.93. The van der Waals surface area contributed by atoms with Crippen LogP contribution in [0, 0.1) is 25.7 Å². The molecule has 17 heavy (non-hydrogen) atoms. The molecule has 0 spiro atoms. The number of nitrogens with one attached hydrogen (secondary N) is 1. The van der Waals surface area contributed by atoms with E-state index in [1.165, 1.54) is 28.4 Å². The highest BCUT2D eigenvalue weighted by atomic mass is 32.1. The average Bonchev–Trinajstić information content (AvgIpc) is 3.04. The van der Waals surface area contributed by atoms with Gasteiger partial charge in [0.15, 0.2) is 0 Å². The summed E-state index contributed by atoms with van der Waals surface area (Å²) >= 11 is 1.87. The van der Waals surface area contributed by atoms with Gasteiger partial charge < -0.3 is 5.32 Å². The van der Waals surface area contributed by atoms with E-state index in [-0.39, 0.29) is 0 Å². The van der Waals surface area contributed by atoms with Gasteiger partial charge in [0.1, 0.15) is 0 Å². The van der Waals surface area contributed by atoms with Gasteiger partial charge in [-0.3, -0.25) is 0 Å². The fraction of sp³-hybridized carbons (Fsp3) is 0.786. The predicted molar refractivity (Wildman–Crippen MR) is 74.6 cm³/mol. The van der Waals surface area contributed by atoms with Crippen molar-refractivity contribution in [3.63, 3.8) is 0 Å². The molecule has 0 amide bonds. The van der Waals surface area contributed by atoms with Gasteiger partial charge in [-0.25, -0.2) is 4.98 Å². The minimum Gasteiger partial charge on any atom is -0.314 e. The molecule has 1 aliphatic carbocycles. The summed E-state index contributed by atoms with van der Waals surface area (Å²) in [7, 11) is 0. The Morgan fingerprint density at radius 2 is 2.00 bits per heavy atom. The number of hydrogen-bond donors (Lipinski definition) is 1. The van der Waals surface area contributed by atoms with Gasteiger partial charge in [0.05, 0.1) is 10.7 Å². The summed E-state index contributed by atoms with van der Waals surface area (Å²) in [6, 6.07) is 0.828. The first-order valence-corrected chi connectivity index (χ1v) is 7.54. The highest BCUT2D eigenvalue weighted by Gasteiger charge is 2.22. The summed E-state index contributed by atoms with van der Waals surface area (Å²) in [4.78, 5) is 6.01. The minimum absolute atomic E-state index is 0.714. The zero-order valence-corrected chi connectivity index (χ0v) is 12.2. The van der Waals surface area contributed by atoms with E-state index in [1.54, 1.807) is 0 Å². The molecule has 2 nitrogen and oxygen atoms in total. The molecule has 0 aliphatic heterocycles. The molecule has 1 aromatic rings. The lowest BCUT2D eigenvalue weighted by atomic mass is 9.93. The van der Waals surface area contributed by atoms with Gasteiger partial charge >= 0.3 is 0 Å². The molecule has 1 N–H and O–H groups in total. The van der Waals surface area contributed by atoms with Crippen molar-refractivity contribution in [1.82, 2.24) is 10.3 Å². The van der Waals surface area contributed by atoms with Crippen molar-refractivity contribution in [3.8, 4) is 0 Å². The van der Waals surface area contributed by atoms with Crippen LogP contribution in [0.1, 0.15) is 42.3 Å². The zero-order chi connectivity index (χ0) is 12.4. The van der Waals surface area contributed by atoms with E-state index in [4.69, 9.17) is 0 Å². The molecule has 1 saturated carbocycles. The van der Waals surface area contributed by atoms with Crippen LogP contribution in [0.2, 0.25) is 0 Å². The van der Waals surface area contributed by atoms with Crippen molar-refractivity contribution in [2.45, 2.75) is 53.0 Å². The normalized spacial score (nSPS) is 19.3. The van der Waals surface area contributed by atoms with E-state index in [0.717, 1.165) is 24.9 Å². The van der Waals surface area contributed by atoms with Crippen molar-refractivity contribution in [3.05, 3.63) is 15.6 Å². The Labute approximate surface area is 109 Å². The fourth-order valence-electron chi connectivity index (χ4n) is 1.94. The summed E-state index contributed by atoms with van der Waals surface area (Å²) in [6.07, 6.45) is 3.89. The second-order valence-corrected chi connectivity index (χ2v) is 6.88. The Morgan fingerprint density at radius 1 is 1.29 bits per heavy atom. The predicted octanol–water partition coefficient (Wildman–Crippen LogP) is 3.33. The first-order chi connectivity index (χ1) is 8.06. The van der Waals surface area contributed by atoms with Crippen LogP contribution in [0.15, 0.2) is 0 Å². The third-order valence-corrected chi connectivity index (χ3v) is 4.94. The maximum absolute atomic E-state index is 4.64. The van der Waals surface area contributed by atoms with Crippen LogP contribution in [0.25, 0.3) is 0 Å². The molecule has 0 saturated heterocycles. The van der Waals surface area contributed by atoms with Crippen LogP contribution in [0.5, 0.6) is 0 Å². The second-order valence-electron chi connectivity index (χ2n) is 5.59. The van der Waals surface area contributed by atoms with Crippen LogP contribution in [0.3, 0.4) is 0 Å². The summed E-state index contributed by atoms with van der Waals surface area (Å²) in [5.41, 5.74) is 1.21. The van der Waals surface area contributed by atoms with Gasteiger partial charge in [-0.1, -0.05) is 13.8 Å². The quantitative estimate of drug-likeness (QED) is 0.840. The molecule has 3 heteroatoms. The van der Waals surface area contributed by atoms with Gasteiger partial charge in [0.25, 0.3) is 0 Å². The van der Waals surface area contributed by atoms with Gasteiger partial charge in [-0.15, -0.1) is 11.3 Å². The Hall–Kier alpha value is -0.410. The highest BCUT2D eigenvalue weighted by molar-refractivity contribution is 7.11. The molecular weight excluding hydrogens is 228 g/mol. The van der Waals surface area contributed by atoms with Gasteiger partial charge in [-0.2, -0.15) is 0 Å². The first kappa shape index (κ1) is 13.0. The molecular formula is C14H24N2S. The van der Waals surface area contributed by atoms with Crippen LogP contribution in [0.4, 0.5) is 0 Å². The van der Waals surface area contributed by atoms with Crippen LogP contribution in [-0.2, 0) is 6.42 Å². The van der Waals surface area contributed by atoms with E-state index >= 15 is 0 Å². The largest absolute Gasteiger partial charge is 0.314 e. The monoisotopic (exact) mass is 252 g/mol. The Kier molecular flexibility index (Phi) is 4.21. The maximum Gasteiger partial charge on any atom is 0.0933 e. The number of thiazole rings is 1. The third kappa shape index (κ3) is 3.78. The number of nitrogens with zero attached hydrogens (tertiary/aromatic N) is 1. The molecule has 2 atom stereocenters. The van der Waals surface area contributed by atoms with E-state index < -0.39 is 0 Å². The lowest BCUT2D eigenvalue weighted by Crippen LogP contribution is -2.27. The molecule has 96 valence electrons. The van der Waals surface area contributed by atoms with Gasteiger partial charge in [0, 0.05) is 17.3 Å². The van der Waals surface area contributed by atoms with E-state index in [9.17, 15) is 0 Å². The Morgan fingerprint density at radius 3 is 2.53 bits per heavy atom. The van der Waals surface area contributed by atoms with Gasteiger partial charge in [0.2, 0.25) is 0 Å². The SMILES string of the molecule is Cc1nc(CC(C)C(C)CNC2CC2)sc1C. The molecule has 0 radical (unpaired) electrons. The van der Waals surface area contributed by atoms with Crippen molar-refractivity contribution >= 4 is 11.3 Å². The summed E-state index contributed by atoms with van der Waals surface area (Å²) < 4.78 is 0. The van der Waals surface area contributed by atoms with Crippen molar-refractivity contribution in [2.75, 3.05) is 6.54 Å². The lowest BCUT2D eigenvalue weighted by molar-refractivity contribution is 0.363. The summed E-state index contributed by atoms with van der Waals surface area (Å²) in [6.45, 7) is 10.1. The zero-order valence-electron chi connectivity index (χ0n) is 11.4. The van der Waals surface area contributed by atoms with Crippen LogP contribution >= 0.6 is 11.3 Å². The molecule has 0 bridgehead atoms. The van der Waals surface area contributed by atoms with Crippen LogP contribution in [-0.4, -0.2) is 17.6 Å². The Bertz CT molecular complexity index is 349. The standard InChI is InChI=1S/C14H24N2S/c1-9(10(2)8-15-13-5-6-13)7-14-16-11(3)12(4)17-14/h9-10,13,15H,5-8H2,1-4H3. The molecule has 1 aliphatic rings. The molecule has 1 fully saturated rings. The van der Waals surface area contributed by atoms with Crippen LogP contribution < -0.4 is 5.32 Å². The van der Waals surface area contributed by atoms with Gasteiger partial charge in [-0.05, 0) is 45.1 Å². The molecule has 1 heterocycles. The second kappa shape index (κ2) is 5.49. The van der Waals surface area contributed by atoms with E-state index in [0.29, 0.717) is 5.92 Å². The smallest absolute Gasteiger partial charge is 0.0933 e. The van der Waals surface area contributed by atoms with Crippen molar-refractivity contribution in [2.24, 2.45) is 11.8 Å². The number of hydrogen-bond acceptors (Lipinski definition) is 3. The minimum atomic E-state index is 0.714. The number of aryl methyl sites for hydroxylation is 2. The Balaban J connectivity index is 1.79. The topological polar surface area (TPSA) is 24.9 Å². The maximum atomic E-state index is 4.64.